The van der Waals surface area contributed by atoms with Gasteiger partial charge in [-0.1, -0.05) is 30.3 Å². The van der Waals surface area contributed by atoms with Gasteiger partial charge in [-0.2, -0.15) is 0 Å². The summed E-state index contributed by atoms with van der Waals surface area (Å²) in [6, 6.07) is 24.2. The van der Waals surface area contributed by atoms with Gasteiger partial charge in [-0.05, 0) is 79.4 Å². The lowest BCUT2D eigenvalue weighted by Crippen LogP contribution is -2.40. The van der Waals surface area contributed by atoms with E-state index >= 15 is 0 Å². The van der Waals surface area contributed by atoms with Crippen LogP contribution in [0.4, 0.5) is 5.95 Å². The minimum Gasteiger partial charge on any atom is -0.497 e. The van der Waals surface area contributed by atoms with Gasteiger partial charge in [-0.15, -0.1) is 0 Å². The molecule has 3 heterocycles. The van der Waals surface area contributed by atoms with E-state index in [0.29, 0.717) is 35.4 Å². The zero-order valence-corrected chi connectivity index (χ0v) is 30.1. The molecule has 0 saturated carbocycles. The molecule has 2 N–H and O–H groups in total. The number of carbonyl (C=O) groups excluding carboxylic acids is 1. The van der Waals surface area contributed by atoms with Crippen LogP contribution in [0.5, 0.6) is 23.0 Å². The van der Waals surface area contributed by atoms with Gasteiger partial charge in [0.1, 0.15) is 5.75 Å². The number of aromatic amines is 1. The van der Waals surface area contributed by atoms with E-state index in [1.54, 1.807) is 45.5 Å². The van der Waals surface area contributed by atoms with E-state index in [9.17, 15) is 4.79 Å². The van der Waals surface area contributed by atoms with Crippen LogP contribution in [0.25, 0.3) is 11.0 Å². The van der Waals surface area contributed by atoms with Gasteiger partial charge in [-0.25, -0.2) is 4.98 Å². The molecule has 0 aliphatic carbocycles. The van der Waals surface area contributed by atoms with E-state index in [1.165, 1.54) is 5.56 Å². The Labute approximate surface area is 299 Å². The van der Waals surface area contributed by atoms with Crippen molar-refractivity contribution in [2.24, 2.45) is 0 Å². The first-order valence-corrected chi connectivity index (χ1v) is 17.4. The minimum absolute atomic E-state index is 0.117. The largest absolute Gasteiger partial charge is 0.497 e. The highest BCUT2D eigenvalue weighted by Gasteiger charge is 2.25. The van der Waals surface area contributed by atoms with E-state index < -0.39 is 0 Å². The number of methoxy groups -OCH3 is 4. The Morgan fingerprint density at radius 3 is 2.33 bits per heavy atom. The average molecular weight is 693 g/mol. The maximum atomic E-state index is 13.7. The number of fused-ring (bicyclic) bond motifs is 1. The molecule has 1 aliphatic rings. The van der Waals surface area contributed by atoms with Crippen LogP contribution >= 0.6 is 0 Å². The lowest BCUT2D eigenvalue weighted by atomic mass is 9.93. The summed E-state index contributed by atoms with van der Waals surface area (Å²) in [5.74, 6) is 2.98. The zero-order valence-electron chi connectivity index (χ0n) is 30.1. The molecule has 1 amide bonds. The third-order valence-corrected chi connectivity index (χ3v) is 9.76. The van der Waals surface area contributed by atoms with E-state index in [0.717, 1.165) is 79.3 Å². The third kappa shape index (κ3) is 8.54. The standard InChI is InChI=1S/C40H48N6O5/c1-45(39(47)30-24-35(49-3)38(51-5)36(25-30)50-4)26-29(27-12-14-33(48-2)15-13-27)16-20-46-21-17-31(18-22-46)42-40-43-34-11-8-9-28(37(34)44-40)23-32-10-6-7-19-41-32/h6-15,19,24-25,29,31H,16-18,20-23,26H2,1-5H3,(H2,42,43,44). The second-order valence-electron chi connectivity index (χ2n) is 13.0. The van der Waals surface area contributed by atoms with Crippen molar-refractivity contribution in [1.82, 2.24) is 24.8 Å². The van der Waals surface area contributed by atoms with Gasteiger partial charge in [-0.3, -0.25) is 9.78 Å². The number of likely N-dealkylation sites (tertiary alicyclic amines) is 1. The molecule has 0 radical (unpaired) electrons. The molecule has 1 unspecified atom stereocenters. The number of benzene rings is 3. The monoisotopic (exact) mass is 692 g/mol. The van der Waals surface area contributed by atoms with Crippen molar-refractivity contribution < 1.29 is 23.7 Å². The Balaban J connectivity index is 1.07. The van der Waals surface area contributed by atoms with E-state index in [2.05, 4.69) is 50.5 Å². The maximum Gasteiger partial charge on any atom is 0.253 e. The summed E-state index contributed by atoms with van der Waals surface area (Å²) < 4.78 is 21.9. The number of nitrogens with one attached hydrogen (secondary N) is 2. The summed E-state index contributed by atoms with van der Waals surface area (Å²) in [6.45, 7) is 3.45. The Morgan fingerprint density at radius 2 is 1.69 bits per heavy atom. The minimum atomic E-state index is -0.117. The molecule has 0 bridgehead atoms. The van der Waals surface area contributed by atoms with Crippen LogP contribution < -0.4 is 24.3 Å². The van der Waals surface area contributed by atoms with Gasteiger partial charge < -0.3 is 39.0 Å². The number of ether oxygens (including phenoxy) is 4. The molecule has 0 spiro atoms. The topological polar surface area (TPSA) is 114 Å². The molecule has 11 heteroatoms. The van der Waals surface area contributed by atoms with Crippen LogP contribution in [0, 0.1) is 0 Å². The van der Waals surface area contributed by atoms with Crippen molar-refractivity contribution >= 4 is 22.9 Å². The number of hydrogen-bond donors (Lipinski definition) is 2. The molecule has 6 rings (SSSR count). The highest BCUT2D eigenvalue weighted by atomic mass is 16.5. The summed E-state index contributed by atoms with van der Waals surface area (Å²) in [5.41, 5.74) is 5.85. The molecule has 1 fully saturated rings. The Kier molecular flexibility index (Phi) is 11.6. The van der Waals surface area contributed by atoms with Crippen molar-refractivity contribution in [1.29, 1.82) is 0 Å². The first-order valence-electron chi connectivity index (χ1n) is 17.4. The van der Waals surface area contributed by atoms with Crippen LogP contribution in [0.1, 0.15) is 52.4 Å². The molecule has 1 aliphatic heterocycles. The number of aromatic nitrogens is 3. The summed E-state index contributed by atoms with van der Waals surface area (Å²) in [5, 5.41) is 3.67. The fourth-order valence-electron chi connectivity index (χ4n) is 6.91. The number of para-hydroxylation sites is 1. The average Bonchev–Trinajstić information content (AvgIpc) is 3.60. The number of rotatable bonds is 15. The Morgan fingerprint density at radius 1 is 0.941 bits per heavy atom. The van der Waals surface area contributed by atoms with Crippen LogP contribution in [0.15, 0.2) is 79.0 Å². The first kappa shape index (κ1) is 35.5. The number of H-pyrrole nitrogens is 1. The number of carbonyl (C=O) groups is 1. The summed E-state index contributed by atoms with van der Waals surface area (Å²) in [7, 11) is 8.16. The van der Waals surface area contributed by atoms with Crippen molar-refractivity contribution in [3.63, 3.8) is 0 Å². The van der Waals surface area contributed by atoms with E-state index in [-0.39, 0.29) is 11.8 Å². The lowest BCUT2D eigenvalue weighted by molar-refractivity contribution is 0.0781. The first-order chi connectivity index (χ1) is 24.9. The number of amides is 1. The maximum absolute atomic E-state index is 13.7. The van der Waals surface area contributed by atoms with Crippen LogP contribution in [0.3, 0.4) is 0 Å². The van der Waals surface area contributed by atoms with Crippen molar-refractivity contribution in [2.75, 3.05) is 67.0 Å². The van der Waals surface area contributed by atoms with Crippen molar-refractivity contribution in [2.45, 2.75) is 37.6 Å². The summed E-state index contributed by atoms with van der Waals surface area (Å²) in [4.78, 5) is 31.0. The third-order valence-electron chi connectivity index (χ3n) is 9.76. The predicted molar refractivity (Wildman–Crippen MR) is 200 cm³/mol. The van der Waals surface area contributed by atoms with Gasteiger partial charge in [0.15, 0.2) is 11.5 Å². The van der Waals surface area contributed by atoms with Crippen LogP contribution in [0.2, 0.25) is 0 Å². The second kappa shape index (κ2) is 16.6. The molecule has 3 aromatic carbocycles. The number of likely N-dealkylation sites (N-methyl/N-ethyl adjacent to an activating group) is 1. The van der Waals surface area contributed by atoms with E-state index in [1.807, 2.05) is 43.6 Å². The second-order valence-corrected chi connectivity index (χ2v) is 13.0. The molecule has 11 nitrogen and oxygen atoms in total. The molecule has 5 aromatic rings. The van der Waals surface area contributed by atoms with Gasteiger partial charge in [0, 0.05) is 62.5 Å². The number of hydrogen-bond acceptors (Lipinski definition) is 9. The number of pyridine rings is 1. The fraction of sp³-hybridized carbons (Fsp3) is 0.375. The number of anilines is 1. The van der Waals surface area contributed by atoms with Crippen molar-refractivity contribution in [3.05, 3.63) is 101 Å². The highest BCUT2D eigenvalue weighted by Crippen LogP contribution is 2.38. The number of imidazole rings is 1. The molecule has 268 valence electrons. The molecule has 51 heavy (non-hydrogen) atoms. The van der Waals surface area contributed by atoms with Gasteiger partial charge in [0.2, 0.25) is 11.7 Å². The predicted octanol–water partition coefficient (Wildman–Crippen LogP) is 6.41. The fourth-order valence-corrected chi connectivity index (χ4v) is 6.91. The Hall–Kier alpha value is -5.29. The lowest BCUT2D eigenvalue weighted by Gasteiger charge is -2.34. The smallest absolute Gasteiger partial charge is 0.253 e. The molecule has 1 saturated heterocycles. The summed E-state index contributed by atoms with van der Waals surface area (Å²) >= 11 is 0. The molecular formula is C40H48N6O5. The summed E-state index contributed by atoms with van der Waals surface area (Å²) in [6.07, 6.45) is 5.51. The molecule has 2 aromatic heterocycles. The van der Waals surface area contributed by atoms with E-state index in [4.69, 9.17) is 23.9 Å². The van der Waals surface area contributed by atoms with Crippen molar-refractivity contribution in [3.8, 4) is 23.0 Å². The zero-order chi connectivity index (χ0) is 35.7. The van der Waals surface area contributed by atoms with Crippen LogP contribution in [-0.4, -0.2) is 98.4 Å². The molecule has 1 atom stereocenters. The number of piperidine rings is 1. The Bertz CT molecular complexity index is 1860. The quantitative estimate of drug-likeness (QED) is 0.129. The SMILES string of the molecule is COc1ccc(C(CCN2CCC(Nc3nc4c(Cc5ccccn5)cccc4[nH]3)CC2)CN(C)C(=O)c2cc(OC)c(OC)c(OC)c2)cc1. The van der Waals surface area contributed by atoms with Crippen LogP contribution in [-0.2, 0) is 6.42 Å². The van der Waals surface area contributed by atoms with Gasteiger partial charge >= 0.3 is 0 Å². The van der Waals surface area contributed by atoms with Gasteiger partial charge in [0.25, 0.3) is 5.91 Å². The number of nitrogens with zero attached hydrogens (tertiary/aromatic N) is 4. The molecular weight excluding hydrogens is 644 g/mol. The highest BCUT2D eigenvalue weighted by molar-refractivity contribution is 5.95. The van der Waals surface area contributed by atoms with Gasteiger partial charge in [0.05, 0.1) is 39.5 Å². The normalized spacial score (nSPS) is 14.2.